The predicted molar refractivity (Wildman–Crippen MR) is 79.1 cm³/mol. The molecule has 0 N–H and O–H groups in total. The first-order valence-corrected chi connectivity index (χ1v) is 7.64. The van der Waals surface area contributed by atoms with E-state index in [9.17, 15) is 0 Å². The van der Waals surface area contributed by atoms with Crippen LogP contribution in [0.2, 0.25) is 5.28 Å². The van der Waals surface area contributed by atoms with Crippen LogP contribution in [-0.2, 0) is 0 Å². The Labute approximate surface area is 119 Å². The van der Waals surface area contributed by atoms with Crippen molar-refractivity contribution in [3.8, 4) is 0 Å². The van der Waals surface area contributed by atoms with Crippen molar-refractivity contribution in [2.24, 2.45) is 0 Å². The summed E-state index contributed by atoms with van der Waals surface area (Å²) in [6.45, 7) is 2.14. The quantitative estimate of drug-likeness (QED) is 0.740. The molecule has 1 aromatic rings. The highest BCUT2D eigenvalue weighted by Crippen LogP contribution is 2.34. The van der Waals surface area contributed by atoms with Crippen LogP contribution in [0, 0.1) is 0 Å². The van der Waals surface area contributed by atoms with E-state index in [4.69, 9.17) is 11.6 Å². The first-order valence-electron chi connectivity index (χ1n) is 7.26. The maximum absolute atomic E-state index is 6.01. The molecule has 1 fully saturated rings. The number of rotatable bonds is 1. The lowest BCUT2D eigenvalue weighted by molar-refractivity contribution is 0.413. The van der Waals surface area contributed by atoms with E-state index in [0.29, 0.717) is 11.3 Å². The second kappa shape index (κ2) is 5.53. The van der Waals surface area contributed by atoms with Crippen LogP contribution in [0.25, 0.3) is 0 Å². The molecule has 3 rings (SSSR count). The van der Waals surface area contributed by atoms with Crippen LogP contribution >= 0.6 is 11.6 Å². The molecule has 1 saturated carbocycles. The zero-order valence-corrected chi connectivity index (χ0v) is 12.2. The number of nitrogens with zero attached hydrogens (tertiary/aromatic N) is 4. The first-order chi connectivity index (χ1) is 9.25. The Balaban J connectivity index is 1.96. The Bertz CT molecular complexity index is 445. The van der Waals surface area contributed by atoms with Crippen LogP contribution in [0.3, 0.4) is 0 Å². The van der Waals surface area contributed by atoms with Crippen molar-refractivity contribution >= 4 is 23.1 Å². The van der Waals surface area contributed by atoms with Crippen molar-refractivity contribution < 1.29 is 0 Å². The molecule has 2 heterocycles. The number of anilines is 2. The van der Waals surface area contributed by atoms with Crippen molar-refractivity contribution in [1.29, 1.82) is 0 Å². The third kappa shape index (κ3) is 2.64. The molecule has 2 aliphatic rings. The summed E-state index contributed by atoms with van der Waals surface area (Å²) in [5.74, 6) is 1.03. The molecule has 0 amide bonds. The fraction of sp³-hybridized carbons (Fsp3) is 0.714. The number of fused-ring (bicyclic) bond motifs is 1. The minimum absolute atomic E-state index is 0.356. The molecule has 5 heteroatoms. The van der Waals surface area contributed by atoms with Gasteiger partial charge in [0.15, 0.2) is 5.82 Å². The van der Waals surface area contributed by atoms with E-state index in [1.807, 2.05) is 6.20 Å². The fourth-order valence-electron chi connectivity index (χ4n) is 3.28. The number of aromatic nitrogens is 2. The Kier molecular flexibility index (Phi) is 3.78. The zero-order chi connectivity index (χ0) is 13.2. The van der Waals surface area contributed by atoms with Gasteiger partial charge in [0.25, 0.3) is 0 Å². The van der Waals surface area contributed by atoms with E-state index in [1.54, 1.807) is 0 Å². The Morgan fingerprint density at radius 3 is 2.74 bits per heavy atom. The molecule has 0 atom stereocenters. The van der Waals surface area contributed by atoms with Gasteiger partial charge in [0.1, 0.15) is 0 Å². The highest BCUT2D eigenvalue weighted by Gasteiger charge is 2.27. The smallest absolute Gasteiger partial charge is 0.224 e. The second-order valence-electron chi connectivity index (χ2n) is 5.61. The largest absolute Gasteiger partial charge is 0.370 e. The van der Waals surface area contributed by atoms with Crippen molar-refractivity contribution in [1.82, 2.24) is 9.97 Å². The van der Waals surface area contributed by atoms with E-state index < -0.39 is 0 Å². The molecular formula is C14H21ClN4. The highest BCUT2D eigenvalue weighted by atomic mass is 35.5. The Morgan fingerprint density at radius 1 is 1.16 bits per heavy atom. The zero-order valence-electron chi connectivity index (χ0n) is 11.5. The van der Waals surface area contributed by atoms with Gasteiger partial charge in [-0.3, -0.25) is 0 Å². The minimum atomic E-state index is 0.356. The molecule has 0 spiro atoms. The van der Waals surface area contributed by atoms with Gasteiger partial charge in [-0.2, -0.15) is 4.98 Å². The van der Waals surface area contributed by atoms with Gasteiger partial charge in [-0.1, -0.05) is 19.3 Å². The lowest BCUT2D eigenvalue weighted by Gasteiger charge is -2.35. The molecule has 0 saturated heterocycles. The molecule has 104 valence electrons. The van der Waals surface area contributed by atoms with E-state index >= 15 is 0 Å². The van der Waals surface area contributed by atoms with Crippen molar-refractivity contribution in [3.05, 3.63) is 11.5 Å². The van der Waals surface area contributed by atoms with E-state index in [-0.39, 0.29) is 0 Å². The molecule has 0 bridgehead atoms. The molecule has 1 aliphatic carbocycles. The maximum Gasteiger partial charge on any atom is 0.224 e. The standard InChI is InChI=1S/C14H21ClN4/c1-18-8-5-9-19(11-6-3-2-4-7-11)13-12(18)10-16-14(15)17-13/h10-11H,2-9H2,1H3. The second-order valence-corrected chi connectivity index (χ2v) is 5.95. The molecule has 0 unspecified atom stereocenters. The summed E-state index contributed by atoms with van der Waals surface area (Å²) < 4.78 is 0. The number of hydrogen-bond acceptors (Lipinski definition) is 4. The van der Waals surface area contributed by atoms with Crippen molar-refractivity contribution in [3.63, 3.8) is 0 Å². The average Bonchev–Trinajstić information content (AvgIpc) is 2.59. The van der Waals surface area contributed by atoms with Crippen LogP contribution in [0.4, 0.5) is 11.5 Å². The van der Waals surface area contributed by atoms with Gasteiger partial charge in [-0.25, -0.2) is 4.98 Å². The topological polar surface area (TPSA) is 32.3 Å². The molecule has 1 aromatic heterocycles. The first kappa shape index (κ1) is 13.0. The van der Waals surface area contributed by atoms with Crippen LogP contribution in [0.1, 0.15) is 38.5 Å². The van der Waals surface area contributed by atoms with E-state index in [0.717, 1.165) is 24.6 Å². The third-order valence-electron chi connectivity index (χ3n) is 4.31. The summed E-state index contributed by atoms with van der Waals surface area (Å²) in [5.41, 5.74) is 1.12. The van der Waals surface area contributed by atoms with Crippen LogP contribution in [-0.4, -0.2) is 36.1 Å². The number of halogens is 1. The lowest BCUT2D eigenvalue weighted by Crippen LogP contribution is -2.38. The van der Waals surface area contributed by atoms with Gasteiger partial charge in [-0.15, -0.1) is 0 Å². The van der Waals surface area contributed by atoms with E-state index in [2.05, 4.69) is 26.8 Å². The predicted octanol–water partition coefficient (Wildman–Crippen LogP) is 3.11. The molecule has 0 radical (unpaired) electrons. The molecule has 0 aromatic carbocycles. The lowest BCUT2D eigenvalue weighted by atomic mass is 9.94. The van der Waals surface area contributed by atoms with Gasteiger partial charge < -0.3 is 9.80 Å². The van der Waals surface area contributed by atoms with Gasteiger partial charge in [0, 0.05) is 26.2 Å². The fourth-order valence-corrected chi connectivity index (χ4v) is 3.41. The normalized spacial score (nSPS) is 21.2. The van der Waals surface area contributed by atoms with Gasteiger partial charge >= 0.3 is 0 Å². The summed E-state index contributed by atoms with van der Waals surface area (Å²) in [6, 6.07) is 0.630. The van der Waals surface area contributed by atoms with Crippen molar-refractivity contribution in [2.75, 3.05) is 29.9 Å². The van der Waals surface area contributed by atoms with Gasteiger partial charge in [0.05, 0.1) is 11.9 Å². The summed E-state index contributed by atoms with van der Waals surface area (Å²) in [7, 11) is 2.11. The van der Waals surface area contributed by atoms with Crippen LogP contribution in [0.5, 0.6) is 0 Å². The SMILES string of the molecule is CN1CCCN(C2CCCCC2)c2nc(Cl)ncc21. The summed E-state index contributed by atoms with van der Waals surface area (Å²) in [6.07, 6.45) is 9.65. The molecule has 19 heavy (non-hydrogen) atoms. The van der Waals surface area contributed by atoms with E-state index in [1.165, 1.54) is 38.5 Å². The Hall–Kier alpha value is -1.03. The third-order valence-corrected chi connectivity index (χ3v) is 4.49. The number of hydrogen-bond donors (Lipinski definition) is 0. The molecular weight excluding hydrogens is 260 g/mol. The van der Waals surface area contributed by atoms with Gasteiger partial charge in [0.2, 0.25) is 5.28 Å². The average molecular weight is 281 g/mol. The molecule has 1 aliphatic heterocycles. The monoisotopic (exact) mass is 280 g/mol. The maximum atomic E-state index is 6.01. The van der Waals surface area contributed by atoms with Crippen molar-refractivity contribution in [2.45, 2.75) is 44.6 Å². The summed E-state index contributed by atoms with van der Waals surface area (Å²) in [4.78, 5) is 13.4. The highest BCUT2D eigenvalue weighted by molar-refractivity contribution is 6.28. The van der Waals surface area contributed by atoms with Crippen LogP contribution in [0.15, 0.2) is 6.20 Å². The summed E-state index contributed by atoms with van der Waals surface area (Å²) >= 11 is 6.01. The summed E-state index contributed by atoms with van der Waals surface area (Å²) in [5, 5.41) is 0.356. The Morgan fingerprint density at radius 2 is 1.95 bits per heavy atom. The minimum Gasteiger partial charge on any atom is -0.370 e. The van der Waals surface area contributed by atoms with Gasteiger partial charge in [-0.05, 0) is 30.9 Å². The molecule has 4 nitrogen and oxygen atoms in total. The van der Waals surface area contributed by atoms with Crippen LogP contribution < -0.4 is 9.80 Å².